The Bertz CT molecular complexity index is 301. The predicted molar refractivity (Wildman–Crippen MR) is 62.9 cm³/mol. The average Bonchev–Trinajstić information content (AvgIpc) is 1.96. The minimum absolute atomic E-state index is 0.253. The molecule has 1 amide bonds. The van der Waals surface area contributed by atoms with Gasteiger partial charge in [0, 0.05) is 23.9 Å². The maximum atomic E-state index is 11.7. The van der Waals surface area contributed by atoms with Crippen molar-refractivity contribution in [2.75, 3.05) is 0 Å². The molecule has 4 heteroatoms. The van der Waals surface area contributed by atoms with Crippen LogP contribution in [0.4, 0.5) is 0 Å². The Morgan fingerprint density at radius 2 is 1.62 bits per heavy atom. The van der Waals surface area contributed by atoms with Gasteiger partial charge >= 0.3 is 0 Å². The van der Waals surface area contributed by atoms with E-state index < -0.39 is 0 Å². The lowest BCUT2D eigenvalue weighted by molar-refractivity contribution is -0.144. The molecule has 16 heavy (non-hydrogen) atoms. The predicted octanol–water partition coefficient (Wildman–Crippen LogP) is 1.08. The first-order chi connectivity index (χ1) is 7.08. The van der Waals surface area contributed by atoms with E-state index in [9.17, 15) is 9.59 Å². The van der Waals surface area contributed by atoms with Gasteiger partial charge in [-0.3, -0.25) is 14.5 Å². The summed E-state index contributed by atoms with van der Waals surface area (Å²) in [5, 5.41) is 0. The minimum Gasteiger partial charge on any atom is -0.368 e. The summed E-state index contributed by atoms with van der Waals surface area (Å²) in [5.74, 6) is -0.0848. The highest BCUT2D eigenvalue weighted by molar-refractivity contribution is 5.83. The van der Waals surface area contributed by atoms with Gasteiger partial charge in [-0.1, -0.05) is 0 Å². The molecule has 4 nitrogen and oxygen atoms in total. The number of ketones is 1. The van der Waals surface area contributed by atoms with E-state index in [1.54, 1.807) is 0 Å². The van der Waals surface area contributed by atoms with E-state index in [1.165, 1.54) is 0 Å². The first kappa shape index (κ1) is 13.2. The molecule has 2 N–H and O–H groups in total. The molecular weight excluding hydrogens is 204 g/mol. The van der Waals surface area contributed by atoms with Gasteiger partial charge in [0.1, 0.15) is 5.78 Å². The van der Waals surface area contributed by atoms with Gasteiger partial charge in [-0.2, -0.15) is 0 Å². The Morgan fingerprint density at radius 3 is 1.94 bits per heavy atom. The number of rotatable bonds is 2. The molecule has 1 heterocycles. The monoisotopic (exact) mass is 226 g/mol. The SMILES string of the molecule is CC(C(N)=O)N1C(C)(C)CC(=O)CC1(C)C. The van der Waals surface area contributed by atoms with E-state index in [1.807, 2.05) is 34.6 Å². The maximum Gasteiger partial charge on any atom is 0.234 e. The minimum atomic E-state index is -0.349. The highest BCUT2D eigenvalue weighted by Gasteiger charge is 2.48. The molecule has 0 spiro atoms. The highest BCUT2D eigenvalue weighted by Crippen LogP contribution is 2.38. The summed E-state index contributed by atoms with van der Waals surface area (Å²) in [7, 11) is 0. The van der Waals surface area contributed by atoms with E-state index in [0.717, 1.165) is 0 Å². The Kier molecular flexibility index (Phi) is 3.16. The van der Waals surface area contributed by atoms with Crippen molar-refractivity contribution in [3.8, 4) is 0 Å². The van der Waals surface area contributed by atoms with Crippen molar-refractivity contribution < 1.29 is 9.59 Å². The lowest BCUT2D eigenvalue weighted by Crippen LogP contribution is -2.66. The van der Waals surface area contributed by atoms with E-state index in [0.29, 0.717) is 12.8 Å². The van der Waals surface area contributed by atoms with Crippen molar-refractivity contribution in [2.24, 2.45) is 5.73 Å². The number of likely N-dealkylation sites (tertiary alicyclic amines) is 1. The Balaban J connectivity index is 3.11. The molecule has 0 aromatic rings. The number of amides is 1. The van der Waals surface area contributed by atoms with E-state index in [2.05, 4.69) is 4.90 Å². The molecule has 0 aliphatic carbocycles. The first-order valence-corrected chi connectivity index (χ1v) is 5.68. The highest BCUT2D eigenvalue weighted by atomic mass is 16.1. The zero-order valence-electron chi connectivity index (χ0n) is 10.8. The summed E-state index contributed by atoms with van der Waals surface area (Å²) in [6.07, 6.45) is 0.960. The molecule has 1 rings (SSSR count). The second kappa shape index (κ2) is 3.84. The Hall–Kier alpha value is -0.900. The number of carbonyl (C=O) groups is 2. The van der Waals surface area contributed by atoms with Gasteiger partial charge in [-0.25, -0.2) is 0 Å². The van der Waals surface area contributed by atoms with Crippen LogP contribution >= 0.6 is 0 Å². The Morgan fingerprint density at radius 1 is 1.25 bits per heavy atom. The number of hydrogen-bond donors (Lipinski definition) is 1. The number of hydrogen-bond acceptors (Lipinski definition) is 3. The molecule has 0 saturated carbocycles. The van der Waals surface area contributed by atoms with Crippen molar-refractivity contribution in [2.45, 2.75) is 64.6 Å². The van der Waals surface area contributed by atoms with E-state index >= 15 is 0 Å². The number of Topliss-reactive ketones (excluding diaryl/α,β-unsaturated/α-hetero) is 1. The lowest BCUT2D eigenvalue weighted by Gasteiger charge is -2.54. The third-order valence-electron chi connectivity index (χ3n) is 3.36. The van der Waals surface area contributed by atoms with Gasteiger partial charge in [-0.05, 0) is 34.6 Å². The standard InChI is InChI=1S/C12H22N2O2/c1-8(10(13)16)14-11(2,3)6-9(15)7-12(14,4)5/h8H,6-7H2,1-5H3,(H2,13,16). The molecule has 1 aliphatic heterocycles. The van der Waals surface area contributed by atoms with Crippen molar-refractivity contribution in [1.82, 2.24) is 4.90 Å². The van der Waals surface area contributed by atoms with Crippen LogP contribution in [0.1, 0.15) is 47.5 Å². The van der Waals surface area contributed by atoms with Gasteiger partial charge in [0.15, 0.2) is 0 Å². The largest absolute Gasteiger partial charge is 0.368 e. The fraction of sp³-hybridized carbons (Fsp3) is 0.833. The number of carbonyl (C=O) groups excluding carboxylic acids is 2. The molecule has 1 fully saturated rings. The second-order valence-electron chi connectivity index (χ2n) is 5.97. The smallest absolute Gasteiger partial charge is 0.234 e. The van der Waals surface area contributed by atoms with Crippen LogP contribution in [0, 0.1) is 0 Å². The molecule has 92 valence electrons. The molecule has 1 atom stereocenters. The molecule has 0 aromatic heterocycles. The Labute approximate surface area is 97.2 Å². The number of nitrogens with two attached hydrogens (primary N) is 1. The third kappa shape index (κ3) is 2.26. The third-order valence-corrected chi connectivity index (χ3v) is 3.36. The summed E-state index contributed by atoms with van der Waals surface area (Å²) >= 11 is 0. The molecule has 0 bridgehead atoms. The van der Waals surface area contributed by atoms with Gasteiger partial charge in [0.05, 0.1) is 6.04 Å². The van der Waals surface area contributed by atoms with Crippen LogP contribution in [0.3, 0.4) is 0 Å². The van der Waals surface area contributed by atoms with E-state index in [4.69, 9.17) is 5.73 Å². The van der Waals surface area contributed by atoms with E-state index in [-0.39, 0.29) is 28.8 Å². The molecule has 0 radical (unpaired) electrons. The van der Waals surface area contributed by atoms with Crippen LogP contribution in [0.15, 0.2) is 0 Å². The topological polar surface area (TPSA) is 63.4 Å². The summed E-state index contributed by atoms with van der Waals surface area (Å²) in [5.41, 5.74) is 4.75. The number of nitrogens with zero attached hydrogens (tertiary/aromatic N) is 1. The normalized spacial score (nSPS) is 26.4. The fourth-order valence-electron chi connectivity index (χ4n) is 3.19. The van der Waals surface area contributed by atoms with Crippen molar-refractivity contribution in [3.63, 3.8) is 0 Å². The van der Waals surface area contributed by atoms with Crippen LogP contribution in [-0.2, 0) is 9.59 Å². The van der Waals surface area contributed by atoms with Crippen molar-refractivity contribution in [1.29, 1.82) is 0 Å². The second-order valence-corrected chi connectivity index (χ2v) is 5.97. The summed E-state index contributed by atoms with van der Waals surface area (Å²) in [4.78, 5) is 25.1. The lowest BCUT2D eigenvalue weighted by atomic mass is 9.78. The van der Waals surface area contributed by atoms with Gasteiger partial charge < -0.3 is 5.73 Å². The van der Waals surface area contributed by atoms with Crippen LogP contribution in [0.2, 0.25) is 0 Å². The summed E-state index contributed by atoms with van der Waals surface area (Å²) in [6.45, 7) is 9.77. The molecular formula is C12H22N2O2. The average molecular weight is 226 g/mol. The maximum absolute atomic E-state index is 11.7. The van der Waals surface area contributed by atoms with Crippen LogP contribution < -0.4 is 5.73 Å². The van der Waals surface area contributed by atoms with Gasteiger partial charge in [-0.15, -0.1) is 0 Å². The fourth-order valence-corrected chi connectivity index (χ4v) is 3.19. The number of primary amides is 1. The van der Waals surface area contributed by atoms with Crippen molar-refractivity contribution in [3.05, 3.63) is 0 Å². The zero-order chi connectivity index (χ0) is 12.7. The molecule has 1 unspecified atom stereocenters. The molecule has 0 aromatic carbocycles. The molecule has 1 saturated heterocycles. The van der Waals surface area contributed by atoms with Gasteiger partial charge in [0.25, 0.3) is 0 Å². The quantitative estimate of drug-likeness (QED) is 0.766. The van der Waals surface area contributed by atoms with Crippen LogP contribution in [-0.4, -0.2) is 33.7 Å². The first-order valence-electron chi connectivity index (χ1n) is 5.68. The molecule has 1 aliphatic rings. The number of piperidine rings is 1. The van der Waals surface area contributed by atoms with Gasteiger partial charge in [0.2, 0.25) is 5.91 Å². The van der Waals surface area contributed by atoms with Crippen molar-refractivity contribution >= 4 is 11.7 Å². The zero-order valence-corrected chi connectivity index (χ0v) is 10.8. The van der Waals surface area contributed by atoms with Crippen LogP contribution in [0.25, 0.3) is 0 Å². The summed E-state index contributed by atoms with van der Waals surface area (Å²) in [6, 6.07) is -0.349. The van der Waals surface area contributed by atoms with Crippen LogP contribution in [0.5, 0.6) is 0 Å². The summed E-state index contributed by atoms with van der Waals surface area (Å²) < 4.78 is 0.